The van der Waals surface area contributed by atoms with Gasteiger partial charge in [0.05, 0.1) is 18.3 Å². The highest BCUT2D eigenvalue weighted by Gasteiger charge is 2.39. The van der Waals surface area contributed by atoms with Gasteiger partial charge in [-0.1, -0.05) is 31.2 Å². The van der Waals surface area contributed by atoms with Crippen molar-refractivity contribution in [1.82, 2.24) is 0 Å². The molecule has 0 aromatic carbocycles. The van der Waals surface area contributed by atoms with E-state index in [0.717, 1.165) is 18.4 Å². The Balaban J connectivity index is 2.50. The van der Waals surface area contributed by atoms with Crippen molar-refractivity contribution in [3.05, 3.63) is 24.3 Å². The fraction of sp³-hybridized carbons (Fsp3) is 0.692. The predicted octanol–water partition coefficient (Wildman–Crippen LogP) is 2.68. The van der Waals surface area contributed by atoms with E-state index in [9.17, 15) is 5.11 Å². The van der Waals surface area contributed by atoms with Gasteiger partial charge in [0, 0.05) is 0 Å². The first kappa shape index (κ1) is 12.5. The molecule has 86 valence electrons. The quantitative estimate of drug-likeness (QED) is 0.723. The molecule has 0 amide bonds. The summed E-state index contributed by atoms with van der Waals surface area (Å²) in [6.07, 6.45) is 6.17. The normalized spacial score (nSPS) is 36.3. The van der Waals surface area contributed by atoms with Crippen molar-refractivity contribution in [2.24, 2.45) is 5.92 Å². The molecule has 0 aromatic rings. The number of allylic oxidation sites excluding steroid dienone is 2. The number of rotatable bonds is 4. The van der Waals surface area contributed by atoms with Crippen LogP contribution < -0.4 is 0 Å². The van der Waals surface area contributed by atoms with Crippen LogP contribution in [0.15, 0.2) is 24.3 Å². The summed E-state index contributed by atoms with van der Waals surface area (Å²) < 4.78 is 5.83. The Kier molecular flexibility index (Phi) is 4.12. The Morgan fingerprint density at radius 2 is 2.33 bits per heavy atom. The summed E-state index contributed by atoms with van der Waals surface area (Å²) in [6.45, 7) is 10.1. The van der Waals surface area contributed by atoms with Crippen molar-refractivity contribution in [1.29, 1.82) is 0 Å². The van der Waals surface area contributed by atoms with Crippen LogP contribution in [-0.4, -0.2) is 23.4 Å². The summed E-state index contributed by atoms with van der Waals surface area (Å²) in [7, 11) is 0. The lowest BCUT2D eigenvalue weighted by molar-refractivity contribution is -0.0475. The highest BCUT2D eigenvalue weighted by Crippen LogP contribution is 2.34. The third-order valence-corrected chi connectivity index (χ3v) is 2.86. The van der Waals surface area contributed by atoms with E-state index in [1.54, 1.807) is 0 Å². The number of hydrogen-bond donors (Lipinski definition) is 1. The van der Waals surface area contributed by atoms with E-state index in [2.05, 4.69) is 25.7 Å². The van der Waals surface area contributed by atoms with Crippen LogP contribution in [0.4, 0.5) is 0 Å². The first-order valence-electron chi connectivity index (χ1n) is 5.56. The minimum absolute atomic E-state index is 0.0994. The lowest BCUT2D eigenvalue weighted by Crippen LogP contribution is -2.28. The lowest BCUT2D eigenvalue weighted by atomic mass is 9.95. The van der Waals surface area contributed by atoms with Gasteiger partial charge in [-0.05, 0) is 32.6 Å². The van der Waals surface area contributed by atoms with Gasteiger partial charge in [-0.15, -0.1) is 0 Å². The summed E-state index contributed by atoms with van der Waals surface area (Å²) in [5.74, 6) is 0.475. The summed E-state index contributed by atoms with van der Waals surface area (Å²) in [5, 5.41) is 9.21. The van der Waals surface area contributed by atoms with Gasteiger partial charge in [0.2, 0.25) is 0 Å². The van der Waals surface area contributed by atoms with Crippen molar-refractivity contribution in [2.45, 2.75) is 45.3 Å². The van der Waals surface area contributed by atoms with Gasteiger partial charge in [0.15, 0.2) is 0 Å². The van der Waals surface area contributed by atoms with Crippen LogP contribution in [-0.2, 0) is 4.74 Å². The van der Waals surface area contributed by atoms with Crippen molar-refractivity contribution in [2.75, 3.05) is 6.61 Å². The van der Waals surface area contributed by atoms with Crippen LogP contribution in [0.2, 0.25) is 0 Å². The zero-order valence-electron chi connectivity index (χ0n) is 9.99. The molecule has 1 heterocycles. The van der Waals surface area contributed by atoms with Crippen LogP contribution in [0, 0.1) is 5.92 Å². The third kappa shape index (κ3) is 3.47. The summed E-state index contributed by atoms with van der Waals surface area (Å²) in [4.78, 5) is 0. The van der Waals surface area contributed by atoms with Crippen molar-refractivity contribution in [3.63, 3.8) is 0 Å². The van der Waals surface area contributed by atoms with Crippen LogP contribution >= 0.6 is 0 Å². The zero-order valence-corrected chi connectivity index (χ0v) is 9.99. The van der Waals surface area contributed by atoms with E-state index in [4.69, 9.17) is 4.74 Å². The maximum absolute atomic E-state index is 9.21. The molecule has 0 unspecified atom stereocenters. The topological polar surface area (TPSA) is 29.5 Å². The highest BCUT2D eigenvalue weighted by molar-refractivity contribution is 5.04. The molecule has 0 saturated carbocycles. The van der Waals surface area contributed by atoms with Crippen LogP contribution in [0.5, 0.6) is 0 Å². The minimum atomic E-state index is -0.350. The number of aliphatic hydroxyl groups is 1. The van der Waals surface area contributed by atoms with E-state index >= 15 is 0 Å². The number of ether oxygens (including phenoxy) is 1. The van der Waals surface area contributed by atoms with Gasteiger partial charge in [-0.2, -0.15) is 0 Å². The van der Waals surface area contributed by atoms with Crippen molar-refractivity contribution in [3.8, 4) is 0 Å². The molecular formula is C13H22O2. The summed E-state index contributed by atoms with van der Waals surface area (Å²) >= 11 is 0. The van der Waals surface area contributed by atoms with E-state index in [1.807, 2.05) is 13.8 Å². The molecule has 1 fully saturated rings. The van der Waals surface area contributed by atoms with Crippen molar-refractivity contribution < 1.29 is 9.84 Å². The van der Waals surface area contributed by atoms with E-state index < -0.39 is 0 Å². The Bertz CT molecular complexity index is 257. The minimum Gasteiger partial charge on any atom is -0.393 e. The number of hydrogen-bond acceptors (Lipinski definition) is 2. The average molecular weight is 210 g/mol. The largest absolute Gasteiger partial charge is 0.393 e. The molecule has 1 saturated heterocycles. The van der Waals surface area contributed by atoms with Crippen LogP contribution in [0.1, 0.15) is 33.6 Å². The van der Waals surface area contributed by atoms with Gasteiger partial charge in [-0.25, -0.2) is 0 Å². The number of aliphatic hydroxyl groups excluding tert-OH is 1. The molecule has 3 atom stereocenters. The molecule has 1 aliphatic heterocycles. The highest BCUT2D eigenvalue weighted by atomic mass is 16.5. The second-order valence-corrected chi connectivity index (χ2v) is 4.96. The molecular weight excluding hydrogens is 188 g/mol. The second-order valence-electron chi connectivity index (χ2n) is 4.96. The maximum Gasteiger partial charge on any atom is 0.0895 e. The lowest BCUT2D eigenvalue weighted by Gasteiger charge is -2.20. The summed E-state index contributed by atoms with van der Waals surface area (Å²) in [6, 6.07) is 0. The van der Waals surface area contributed by atoms with Gasteiger partial charge in [0.1, 0.15) is 0 Å². The Labute approximate surface area is 92.6 Å². The van der Waals surface area contributed by atoms with Gasteiger partial charge in [0.25, 0.3) is 0 Å². The van der Waals surface area contributed by atoms with Gasteiger partial charge in [-0.3, -0.25) is 0 Å². The van der Waals surface area contributed by atoms with Gasteiger partial charge >= 0.3 is 0 Å². The monoisotopic (exact) mass is 210 g/mol. The smallest absolute Gasteiger partial charge is 0.0895 e. The zero-order chi connectivity index (χ0) is 11.5. The SMILES string of the molecule is C=C(C)C/C=C/[C@@H]1O[C@](C)(CO)C[C@@H]1C. The fourth-order valence-electron chi connectivity index (χ4n) is 2.02. The fourth-order valence-corrected chi connectivity index (χ4v) is 2.02. The first-order chi connectivity index (χ1) is 6.97. The Morgan fingerprint density at radius 3 is 2.80 bits per heavy atom. The standard InChI is InChI=1S/C13H22O2/c1-10(2)6-5-7-12-11(3)8-13(4,9-14)15-12/h5,7,11-12,14H,1,6,8-9H2,2-4H3/b7-5+/t11-,12-,13-/m0/s1. The van der Waals surface area contributed by atoms with Crippen LogP contribution in [0.3, 0.4) is 0 Å². The van der Waals surface area contributed by atoms with Crippen LogP contribution in [0.25, 0.3) is 0 Å². The molecule has 0 bridgehead atoms. The molecule has 1 aliphatic rings. The maximum atomic E-state index is 9.21. The second kappa shape index (κ2) is 4.95. The van der Waals surface area contributed by atoms with Crippen molar-refractivity contribution >= 4 is 0 Å². The average Bonchev–Trinajstić information content (AvgIpc) is 2.43. The molecule has 0 aromatic heterocycles. The molecule has 15 heavy (non-hydrogen) atoms. The molecule has 0 radical (unpaired) electrons. The summed E-state index contributed by atoms with van der Waals surface area (Å²) in [5.41, 5.74) is 0.805. The molecule has 2 heteroatoms. The first-order valence-corrected chi connectivity index (χ1v) is 5.56. The third-order valence-electron chi connectivity index (χ3n) is 2.86. The van der Waals surface area contributed by atoms with E-state index in [0.29, 0.717) is 5.92 Å². The Morgan fingerprint density at radius 1 is 1.67 bits per heavy atom. The molecule has 0 aliphatic carbocycles. The van der Waals surface area contributed by atoms with Gasteiger partial charge < -0.3 is 9.84 Å². The molecule has 1 N–H and O–H groups in total. The molecule has 2 nitrogen and oxygen atoms in total. The van der Waals surface area contributed by atoms with E-state index in [-0.39, 0.29) is 18.3 Å². The van der Waals surface area contributed by atoms with E-state index in [1.165, 1.54) is 0 Å². The Hall–Kier alpha value is -0.600. The molecule has 0 spiro atoms. The molecule has 1 rings (SSSR count). The predicted molar refractivity (Wildman–Crippen MR) is 62.7 cm³/mol.